The summed E-state index contributed by atoms with van der Waals surface area (Å²) in [6, 6.07) is 16.2. The van der Waals surface area contributed by atoms with Crippen molar-refractivity contribution in [2.45, 2.75) is 18.9 Å². The summed E-state index contributed by atoms with van der Waals surface area (Å²) in [5.74, 6) is 0.816. The van der Waals surface area contributed by atoms with Crippen molar-refractivity contribution in [2.75, 3.05) is 30.0 Å². The number of amides is 1. The number of rotatable bonds is 3. The van der Waals surface area contributed by atoms with Crippen molar-refractivity contribution in [1.82, 2.24) is 0 Å². The molecule has 1 heterocycles. The van der Waals surface area contributed by atoms with Crippen LogP contribution < -0.4 is 14.5 Å². The van der Waals surface area contributed by atoms with E-state index in [0.717, 1.165) is 24.5 Å². The van der Waals surface area contributed by atoms with Gasteiger partial charge in [-0.25, -0.2) is 0 Å². The van der Waals surface area contributed by atoms with Crippen LogP contribution >= 0.6 is 0 Å². The van der Waals surface area contributed by atoms with Crippen LogP contribution in [-0.2, 0) is 0 Å². The third-order valence-corrected chi connectivity index (χ3v) is 4.62. The van der Waals surface area contributed by atoms with Crippen LogP contribution in [0, 0.1) is 0 Å². The fourth-order valence-corrected chi connectivity index (χ4v) is 3.25. The summed E-state index contributed by atoms with van der Waals surface area (Å²) in [6.45, 7) is 1.64. The molecule has 0 saturated heterocycles. The van der Waals surface area contributed by atoms with Crippen LogP contribution in [0.1, 0.15) is 23.2 Å². The Morgan fingerprint density at radius 3 is 2.35 bits per heavy atom. The van der Waals surface area contributed by atoms with Crippen molar-refractivity contribution >= 4 is 17.3 Å². The quantitative estimate of drug-likeness (QED) is 0.872. The molecule has 0 unspecified atom stereocenters. The zero-order valence-electron chi connectivity index (χ0n) is 13.2. The number of carbonyl (C=O) groups excluding carboxylic acids is 1. The first-order valence-corrected chi connectivity index (χ1v) is 8.09. The fourth-order valence-electron chi connectivity index (χ4n) is 3.25. The maximum absolute atomic E-state index is 12.9. The van der Waals surface area contributed by atoms with Gasteiger partial charge in [0, 0.05) is 24.7 Å². The van der Waals surface area contributed by atoms with E-state index >= 15 is 0 Å². The van der Waals surface area contributed by atoms with Gasteiger partial charge in [-0.15, -0.1) is 0 Å². The highest BCUT2D eigenvalue weighted by Crippen LogP contribution is 2.40. The topological polar surface area (TPSA) is 32.8 Å². The second kappa shape index (κ2) is 5.61. The molecule has 2 aliphatic rings. The Bertz CT molecular complexity index is 722. The summed E-state index contributed by atoms with van der Waals surface area (Å²) in [5.41, 5.74) is 2.90. The summed E-state index contributed by atoms with van der Waals surface area (Å²) in [5, 5.41) is 0. The Labute approximate surface area is 136 Å². The maximum atomic E-state index is 12.9. The Balaban J connectivity index is 1.65. The zero-order chi connectivity index (χ0) is 15.8. The lowest BCUT2D eigenvalue weighted by Gasteiger charge is -2.38. The van der Waals surface area contributed by atoms with E-state index in [-0.39, 0.29) is 5.91 Å². The van der Waals surface area contributed by atoms with Crippen LogP contribution in [0.15, 0.2) is 48.5 Å². The van der Waals surface area contributed by atoms with Gasteiger partial charge < -0.3 is 14.5 Å². The third-order valence-electron chi connectivity index (χ3n) is 4.62. The molecular formula is C19H20N2O2. The highest BCUT2D eigenvalue weighted by Gasteiger charge is 2.35. The average Bonchev–Trinajstić information content (AvgIpc) is 3.45. The summed E-state index contributed by atoms with van der Waals surface area (Å²) in [4.78, 5) is 17.3. The molecule has 1 aliphatic heterocycles. The number of hydrogen-bond donors (Lipinski definition) is 0. The van der Waals surface area contributed by atoms with Crippen molar-refractivity contribution in [3.05, 3.63) is 54.1 Å². The first-order valence-electron chi connectivity index (χ1n) is 8.09. The van der Waals surface area contributed by atoms with Crippen molar-refractivity contribution in [3.8, 4) is 5.75 Å². The van der Waals surface area contributed by atoms with Crippen LogP contribution in [0.5, 0.6) is 5.75 Å². The molecule has 0 spiro atoms. The van der Waals surface area contributed by atoms with E-state index in [2.05, 4.69) is 17.0 Å². The lowest BCUT2D eigenvalue weighted by Crippen LogP contribution is -2.45. The molecule has 1 aliphatic carbocycles. The molecule has 4 heteroatoms. The monoisotopic (exact) mass is 308 g/mol. The normalized spacial score (nSPS) is 16.9. The molecule has 1 amide bonds. The molecule has 0 N–H and O–H groups in total. The van der Waals surface area contributed by atoms with Gasteiger partial charge in [-0.05, 0) is 49.2 Å². The summed E-state index contributed by atoms with van der Waals surface area (Å²) >= 11 is 0. The van der Waals surface area contributed by atoms with Crippen LogP contribution in [-0.4, -0.2) is 32.1 Å². The standard InChI is InChI=1S/C19H20N2O2/c1-23-16-10-6-14(7-11-16)19(22)21-13-12-20(15-8-9-15)17-4-2-3-5-18(17)21/h2-7,10-11,15H,8-9,12-13H2,1H3. The van der Waals surface area contributed by atoms with Gasteiger partial charge in [-0.2, -0.15) is 0 Å². The lowest BCUT2D eigenvalue weighted by molar-refractivity contribution is 0.0986. The molecule has 4 rings (SSSR count). The second-order valence-corrected chi connectivity index (χ2v) is 6.10. The highest BCUT2D eigenvalue weighted by molar-refractivity contribution is 6.08. The van der Waals surface area contributed by atoms with E-state index in [4.69, 9.17) is 4.74 Å². The molecule has 0 atom stereocenters. The maximum Gasteiger partial charge on any atom is 0.258 e. The van der Waals surface area contributed by atoms with Gasteiger partial charge in [0.1, 0.15) is 5.75 Å². The van der Waals surface area contributed by atoms with Gasteiger partial charge in [0.05, 0.1) is 18.5 Å². The molecule has 0 radical (unpaired) electrons. The average molecular weight is 308 g/mol. The summed E-state index contributed by atoms with van der Waals surface area (Å²) in [6.07, 6.45) is 2.53. The van der Waals surface area contributed by atoms with Gasteiger partial charge in [-0.1, -0.05) is 12.1 Å². The molecular weight excluding hydrogens is 288 g/mol. The molecule has 0 aromatic heterocycles. The molecule has 23 heavy (non-hydrogen) atoms. The minimum Gasteiger partial charge on any atom is -0.497 e. The van der Waals surface area contributed by atoms with Gasteiger partial charge in [0.25, 0.3) is 5.91 Å². The van der Waals surface area contributed by atoms with E-state index in [1.807, 2.05) is 41.3 Å². The number of benzene rings is 2. The summed E-state index contributed by atoms with van der Waals surface area (Å²) in [7, 11) is 1.63. The molecule has 1 saturated carbocycles. The van der Waals surface area contributed by atoms with Crippen LogP contribution in [0.4, 0.5) is 11.4 Å². The molecule has 2 aromatic rings. The molecule has 4 nitrogen and oxygen atoms in total. The predicted octanol–water partition coefficient (Wildman–Crippen LogP) is 3.32. The molecule has 1 fully saturated rings. The number of ether oxygens (including phenoxy) is 1. The number of nitrogens with zero attached hydrogens (tertiary/aromatic N) is 2. The van der Waals surface area contributed by atoms with Crippen LogP contribution in [0.3, 0.4) is 0 Å². The van der Waals surface area contributed by atoms with Crippen LogP contribution in [0.2, 0.25) is 0 Å². The zero-order valence-corrected chi connectivity index (χ0v) is 13.2. The van der Waals surface area contributed by atoms with E-state index in [1.165, 1.54) is 18.5 Å². The van der Waals surface area contributed by atoms with Gasteiger partial charge in [-0.3, -0.25) is 4.79 Å². The Morgan fingerprint density at radius 2 is 1.70 bits per heavy atom. The lowest BCUT2D eigenvalue weighted by atomic mass is 10.1. The summed E-state index contributed by atoms with van der Waals surface area (Å²) < 4.78 is 5.17. The number of para-hydroxylation sites is 2. The Hall–Kier alpha value is -2.49. The van der Waals surface area contributed by atoms with Crippen molar-refractivity contribution in [3.63, 3.8) is 0 Å². The van der Waals surface area contributed by atoms with Gasteiger partial charge in [0.2, 0.25) is 0 Å². The van der Waals surface area contributed by atoms with Gasteiger partial charge >= 0.3 is 0 Å². The first kappa shape index (κ1) is 14.1. The molecule has 0 bridgehead atoms. The molecule has 118 valence electrons. The number of hydrogen-bond acceptors (Lipinski definition) is 3. The Morgan fingerprint density at radius 1 is 1.00 bits per heavy atom. The third kappa shape index (κ3) is 2.54. The van der Waals surface area contributed by atoms with E-state index in [9.17, 15) is 4.79 Å². The highest BCUT2D eigenvalue weighted by atomic mass is 16.5. The van der Waals surface area contributed by atoms with Gasteiger partial charge in [0.15, 0.2) is 0 Å². The SMILES string of the molecule is COc1ccc(C(=O)N2CCN(C3CC3)c3ccccc32)cc1. The van der Waals surface area contributed by atoms with Crippen LogP contribution in [0.25, 0.3) is 0 Å². The Kier molecular flexibility index (Phi) is 3.45. The second-order valence-electron chi connectivity index (χ2n) is 6.10. The number of methoxy groups -OCH3 is 1. The first-order chi connectivity index (χ1) is 11.3. The number of carbonyl (C=O) groups is 1. The van der Waals surface area contributed by atoms with Crippen molar-refractivity contribution in [2.24, 2.45) is 0 Å². The minimum absolute atomic E-state index is 0.0514. The fraction of sp³-hybridized carbons (Fsp3) is 0.316. The van der Waals surface area contributed by atoms with E-state index < -0.39 is 0 Å². The number of fused-ring (bicyclic) bond motifs is 1. The number of anilines is 2. The smallest absolute Gasteiger partial charge is 0.258 e. The van der Waals surface area contributed by atoms with E-state index in [1.54, 1.807) is 7.11 Å². The minimum atomic E-state index is 0.0514. The predicted molar refractivity (Wildman–Crippen MR) is 91.5 cm³/mol. The largest absolute Gasteiger partial charge is 0.497 e. The molecule has 2 aromatic carbocycles. The van der Waals surface area contributed by atoms with Crippen molar-refractivity contribution in [1.29, 1.82) is 0 Å². The van der Waals surface area contributed by atoms with E-state index in [0.29, 0.717) is 11.6 Å². The van der Waals surface area contributed by atoms with Crippen molar-refractivity contribution < 1.29 is 9.53 Å².